The van der Waals surface area contributed by atoms with Crippen molar-refractivity contribution in [3.63, 3.8) is 0 Å². The first-order valence-electron chi connectivity index (χ1n) is 9.04. The minimum Gasteiger partial charge on any atom is -0.497 e. The van der Waals surface area contributed by atoms with Gasteiger partial charge in [0.05, 0.1) is 25.9 Å². The number of benzene rings is 2. The molecule has 3 aromatic rings. The second-order valence-electron chi connectivity index (χ2n) is 6.54. The molecule has 7 heteroatoms. The molecule has 3 rings (SSSR count). The number of carbonyl (C=O) groups is 1. The van der Waals surface area contributed by atoms with Gasteiger partial charge < -0.3 is 23.4 Å². The third kappa shape index (κ3) is 4.68. The molecule has 0 bridgehead atoms. The Kier molecular flexibility index (Phi) is 6.07. The predicted molar refractivity (Wildman–Crippen MR) is 108 cm³/mol. The molecule has 29 heavy (non-hydrogen) atoms. The molecule has 0 saturated carbocycles. The topological polar surface area (TPSA) is 84.2 Å². The Morgan fingerprint density at radius 1 is 0.966 bits per heavy atom. The summed E-state index contributed by atoms with van der Waals surface area (Å²) in [7, 11) is 3.08. The molecule has 0 saturated heterocycles. The van der Waals surface area contributed by atoms with Crippen LogP contribution in [-0.2, 0) is 9.53 Å². The van der Waals surface area contributed by atoms with Gasteiger partial charge in [-0.1, -0.05) is 0 Å². The number of carbonyl (C=O) groups excluding carboxylic acids is 1. The summed E-state index contributed by atoms with van der Waals surface area (Å²) in [4.78, 5) is 24.2. The van der Waals surface area contributed by atoms with Gasteiger partial charge in [-0.2, -0.15) is 0 Å². The van der Waals surface area contributed by atoms with E-state index in [0.717, 1.165) is 0 Å². The van der Waals surface area contributed by atoms with Crippen molar-refractivity contribution in [2.24, 2.45) is 0 Å². The largest absolute Gasteiger partial charge is 0.497 e. The van der Waals surface area contributed by atoms with Crippen molar-refractivity contribution in [1.82, 2.24) is 0 Å². The standard InChI is InChI=1S/C22H22O7/c1-13(2)28-21(23)12-27-16-6-5-14-9-18(22(24)29-19(14)11-16)17-8-7-15(25-3)10-20(17)26-4/h5-11,13H,12H2,1-4H3. The van der Waals surface area contributed by atoms with E-state index < -0.39 is 11.6 Å². The van der Waals surface area contributed by atoms with Crippen molar-refractivity contribution in [2.45, 2.75) is 20.0 Å². The summed E-state index contributed by atoms with van der Waals surface area (Å²) in [6.45, 7) is 3.30. The van der Waals surface area contributed by atoms with Gasteiger partial charge in [-0.05, 0) is 44.2 Å². The maximum atomic E-state index is 12.6. The Morgan fingerprint density at radius 3 is 2.41 bits per heavy atom. The SMILES string of the molecule is COc1ccc(-c2cc3ccc(OCC(=O)OC(C)C)cc3oc2=O)c(OC)c1. The van der Waals surface area contributed by atoms with Gasteiger partial charge in [0.2, 0.25) is 0 Å². The van der Waals surface area contributed by atoms with Crippen LogP contribution in [0, 0.1) is 0 Å². The molecule has 1 aromatic heterocycles. The van der Waals surface area contributed by atoms with Gasteiger partial charge in [-0.25, -0.2) is 9.59 Å². The van der Waals surface area contributed by atoms with E-state index in [-0.39, 0.29) is 12.7 Å². The average molecular weight is 398 g/mol. The van der Waals surface area contributed by atoms with Crippen molar-refractivity contribution < 1.29 is 28.2 Å². The molecule has 0 aliphatic heterocycles. The summed E-state index contributed by atoms with van der Waals surface area (Å²) in [5.74, 6) is 1.05. The molecule has 0 spiro atoms. The average Bonchev–Trinajstić information content (AvgIpc) is 2.70. The summed E-state index contributed by atoms with van der Waals surface area (Å²) in [5, 5.41) is 0.703. The maximum Gasteiger partial charge on any atom is 0.344 e. The Hall–Kier alpha value is -3.48. The van der Waals surface area contributed by atoms with Crippen molar-refractivity contribution >= 4 is 16.9 Å². The number of methoxy groups -OCH3 is 2. The summed E-state index contributed by atoms with van der Waals surface area (Å²) >= 11 is 0. The van der Waals surface area contributed by atoms with Crippen LogP contribution >= 0.6 is 0 Å². The lowest BCUT2D eigenvalue weighted by Gasteiger charge is -2.11. The van der Waals surface area contributed by atoms with Crippen LogP contribution in [0.1, 0.15) is 13.8 Å². The molecular weight excluding hydrogens is 376 g/mol. The van der Waals surface area contributed by atoms with Crippen LogP contribution in [0.5, 0.6) is 17.2 Å². The lowest BCUT2D eigenvalue weighted by molar-refractivity contribution is -0.149. The van der Waals surface area contributed by atoms with Crippen LogP contribution in [-0.4, -0.2) is 32.9 Å². The number of rotatable bonds is 7. The zero-order valence-corrected chi connectivity index (χ0v) is 16.7. The minimum atomic E-state index is -0.516. The van der Waals surface area contributed by atoms with Gasteiger partial charge in [0.15, 0.2) is 6.61 Å². The lowest BCUT2D eigenvalue weighted by atomic mass is 10.0. The van der Waals surface area contributed by atoms with Crippen LogP contribution in [0.2, 0.25) is 0 Å². The van der Waals surface area contributed by atoms with Gasteiger partial charge in [-0.15, -0.1) is 0 Å². The fourth-order valence-corrected chi connectivity index (χ4v) is 2.83. The first-order valence-corrected chi connectivity index (χ1v) is 9.04. The van der Waals surface area contributed by atoms with Crippen molar-refractivity contribution in [3.8, 4) is 28.4 Å². The van der Waals surface area contributed by atoms with E-state index in [1.54, 1.807) is 63.4 Å². The van der Waals surface area contributed by atoms with Gasteiger partial charge >= 0.3 is 11.6 Å². The zero-order valence-electron chi connectivity index (χ0n) is 16.7. The Morgan fingerprint density at radius 2 is 1.72 bits per heavy atom. The monoisotopic (exact) mass is 398 g/mol. The molecule has 0 atom stereocenters. The van der Waals surface area contributed by atoms with Crippen molar-refractivity contribution in [1.29, 1.82) is 0 Å². The van der Waals surface area contributed by atoms with E-state index in [2.05, 4.69) is 0 Å². The van der Waals surface area contributed by atoms with Gasteiger partial charge in [0.25, 0.3) is 0 Å². The molecule has 7 nitrogen and oxygen atoms in total. The fraction of sp³-hybridized carbons (Fsp3) is 0.273. The van der Waals surface area contributed by atoms with Crippen LogP contribution in [0.25, 0.3) is 22.1 Å². The number of hydrogen-bond donors (Lipinski definition) is 0. The zero-order chi connectivity index (χ0) is 21.0. The van der Waals surface area contributed by atoms with Crippen LogP contribution in [0.4, 0.5) is 0 Å². The summed E-state index contributed by atoms with van der Waals surface area (Å²) < 4.78 is 26.5. The predicted octanol–water partition coefficient (Wildman–Crippen LogP) is 3.81. The van der Waals surface area contributed by atoms with Crippen molar-refractivity contribution in [3.05, 3.63) is 52.9 Å². The number of fused-ring (bicyclic) bond motifs is 1. The molecule has 152 valence electrons. The first-order chi connectivity index (χ1) is 13.9. The Labute approximate surface area is 167 Å². The van der Waals surface area contributed by atoms with Crippen molar-refractivity contribution in [2.75, 3.05) is 20.8 Å². The molecule has 0 amide bonds. The molecule has 0 aliphatic rings. The van der Waals surface area contributed by atoms with E-state index in [1.165, 1.54) is 7.11 Å². The third-order valence-corrected chi connectivity index (χ3v) is 4.13. The van der Waals surface area contributed by atoms with Crippen LogP contribution < -0.4 is 19.8 Å². The van der Waals surface area contributed by atoms with E-state index in [1.807, 2.05) is 0 Å². The second-order valence-corrected chi connectivity index (χ2v) is 6.54. The molecule has 0 fully saturated rings. The number of ether oxygens (including phenoxy) is 4. The highest BCUT2D eigenvalue weighted by atomic mass is 16.6. The van der Waals surface area contributed by atoms with Gasteiger partial charge in [0, 0.05) is 23.1 Å². The van der Waals surface area contributed by atoms with E-state index >= 15 is 0 Å². The molecule has 0 radical (unpaired) electrons. The van der Waals surface area contributed by atoms with E-state index in [4.69, 9.17) is 23.4 Å². The number of hydrogen-bond acceptors (Lipinski definition) is 7. The summed E-state index contributed by atoms with van der Waals surface area (Å²) in [6, 6.07) is 11.9. The first kappa shape index (κ1) is 20.3. The second kappa shape index (κ2) is 8.68. The quantitative estimate of drug-likeness (QED) is 0.442. The maximum absolute atomic E-state index is 12.6. The highest BCUT2D eigenvalue weighted by molar-refractivity contribution is 5.84. The van der Waals surface area contributed by atoms with Crippen LogP contribution in [0.3, 0.4) is 0 Å². The van der Waals surface area contributed by atoms with E-state index in [9.17, 15) is 9.59 Å². The molecule has 0 N–H and O–H groups in total. The normalized spacial score (nSPS) is 10.8. The molecule has 0 aliphatic carbocycles. The summed E-state index contributed by atoms with van der Waals surface area (Å²) in [5.41, 5.74) is 0.796. The highest BCUT2D eigenvalue weighted by Gasteiger charge is 2.14. The highest BCUT2D eigenvalue weighted by Crippen LogP contribution is 2.33. The molecular formula is C22H22O7. The van der Waals surface area contributed by atoms with Crippen LogP contribution in [0.15, 0.2) is 51.7 Å². The van der Waals surface area contributed by atoms with Gasteiger partial charge in [-0.3, -0.25) is 0 Å². The minimum absolute atomic E-state index is 0.214. The summed E-state index contributed by atoms with van der Waals surface area (Å²) in [6.07, 6.45) is -0.214. The molecule has 2 aromatic carbocycles. The molecule has 0 unspecified atom stereocenters. The fourth-order valence-electron chi connectivity index (χ4n) is 2.83. The smallest absolute Gasteiger partial charge is 0.344 e. The van der Waals surface area contributed by atoms with E-state index in [0.29, 0.717) is 39.3 Å². The molecule has 1 heterocycles. The Bertz CT molecular complexity index is 1080. The Balaban J connectivity index is 1.91. The third-order valence-electron chi connectivity index (χ3n) is 4.13. The number of esters is 1. The van der Waals surface area contributed by atoms with Gasteiger partial charge in [0.1, 0.15) is 22.8 Å². The lowest BCUT2D eigenvalue weighted by Crippen LogP contribution is -2.18.